The molecule has 4 nitrogen and oxygen atoms in total. The van der Waals surface area contributed by atoms with E-state index in [1.807, 2.05) is 7.05 Å². The molecule has 1 rings (SSSR count). The van der Waals surface area contributed by atoms with Gasteiger partial charge in [-0.25, -0.2) is 4.79 Å². The lowest BCUT2D eigenvalue weighted by Crippen LogP contribution is -2.54. The number of amides is 1. The van der Waals surface area contributed by atoms with Crippen LogP contribution in [0, 0.1) is 5.41 Å². The SMILES string of the molecule is CNC1(C)CC(NC(=O)O)CC(C)(C)C1. The Morgan fingerprint density at radius 2 is 1.93 bits per heavy atom. The Morgan fingerprint density at radius 1 is 1.33 bits per heavy atom. The summed E-state index contributed by atoms with van der Waals surface area (Å²) in [6.45, 7) is 6.54. The van der Waals surface area contributed by atoms with Crippen molar-refractivity contribution in [2.45, 2.75) is 51.6 Å². The summed E-state index contributed by atoms with van der Waals surface area (Å²) < 4.78 is 0. The third-order valence-corrected chi connectivity index (χ3v) is 3.30. The minimum atomic E-state index is -0.920. The molecule has 2 unspecified atom stereocenters. The summed E-state index contributed by atoms with van der Waals surface area (Å²) in [6, 6.07) is 0.0590. The molecule has 0 aliphatic heterocycles. The zero-order valence-electron chi connectivity index (χ0n) is 10.1. The van der Waals surface area contributed by atoms with E-state index in [1.165, 1.54) is 0 Å². The van der Waals surface area contributed by atoms with Crippen molar-refractivity contribution in [1.29, 1.82) is 0 Å². The molecule has 1 aliphatic rings. The fourth-order valence-corrected chi connectivity index (χ4v) is 2.95. The molecule has 0 aromatic carbocycles. The molecule has 1 amide bonds. The molecule has 0 heterocycles. The van der Waals surface area contributed by atoms with Crippen LogP contribution in [-0.2, 0) is 0 Å². The van der Waals surface area contributed by atoms with Crippen LogP contribution >= 0.6 is 0 Å². The number of hydrogen-bond acceptors (Lipinski definition) is 2. The van der Waals surface area contributed by atoms with Gasteiger partial charge in [-0.3, -0.25) is 0 Å². The number of rotatable bonds is 2. The van der Waals surface area contributed by atoms with Gasteiger partial charge in [0.2, 0.25) is 0 Å². The summed E-state index contributed by atoms with van der Waals surface area (Å²) in [5.74, 6) is 0. The number of carbonyl (C=O) groups is 1. The molecule has 0 saturated heterocycles. The highest BCUT2D eigenvalue weighted by Crippen LogP contribution is 2.40. The average Bonchev–Trinajstić information content (AvgIpc) is 1.98. The fraction of sp³-hybridized carbons (Fsp3) is 0.909. The number of carboxylic acid groups (broad SMARTS) is 1. The van der Waals surface area contributed by atoms with Gasteiger partial charge < -0.3 is 15.7 Å². The predicted octanol–water partition coefficient (Wildman–Crippen LogP) is 1.81. The van der Waals surface area contributed by atoms with Crippen molar-refractivity contribution >= 4 is 6.09 Å². The molecule has 3 N–H and O–H groups in total. The second-order valence-corrected chi connectivity index (χ2v) is 5.71. The zero-order chi connectivity index (χ0) is 11.7. The molecule has 4 heteroatoms. The van der Waals surface area contributed by atoms with Gasteiger partial charge in [-0.15, -0.1) is 0 Å². The summed E-state index contributed by atoms with van der Waals surface area (Å²) in [5.41, 5.74) is 0.220. The Balaban J connectivity index is 2.72. The summed E-state index contributed by atoms with van der Waals surface area (Å²) in [4.78, 5) is 10.6. The Hall–Kier alpha value is -0.770. The number of nitrogens with one attached hydrogen (secondary N) is 2. The van der Waals surface area contributed by atoms with Crippen LogP contribution in [0.4, 0.5) is 4.79 Å². The van der Waals surface area contributed by atoms with Gasteiger partial charge in [-0.1, -0.05) is 13.8 Å². The van der Waals surface area contributed by atoms with Crippen molar-refractivity contribution in [3.8, 4) is 0 Å². The largest absolute Gasteiger partial charge is 0.465 e. The fourth-order valence-electron chi connectivity index (χ4n) is 2.95. The van der Waals surface area contributed by atoms with Crippen LogP contribution in [-0.4, -0.2) is 29.8 Å². The van der Waals surface area contributed by atoms with E-state index in [4.69, 9.17) is 5.11 Å². The first-order valence-electron chi connectivity index (χ1n) is 5.45. The Kier molecular flexibility index (Phi) is 3.28. The highest BCUT2D eigenvalue weighted by atomic mass is 16.4. The van der Waals surface area contributed by atoms with Crippen molar-refractivity contribution in [1.82, 2.24) is 10.6 Å². The first-order chi connectivity index (χ1) is 6.76. The van der Waals surface area contributed by atoms with E-state index in [1.54, 1.807) is 0 Å². The maximum absolute atomic E-state index is 10.6. The van der Waals surface area contributed by atoms with Gasteiger partial charge in [0.15, 0.2) is 0 Å². The van der Waals surface area contributed by atoms with Crippen LogP contribution in [0.15, 0.2) is 0 Å². The van der Waals surface area contributed by atoms with E-state index in [2.05, 4.69) is 31.4 Å². The maximum atomic E-state index is 10.6. The normalized spacial score (nSPS) is 34.8. The monoisotopic (exact) mass is 214 g/mol. The van der Waals surface area contributed by atoms with Crippen molar-refractivity contribution in [3.05, 3.63) is 0 Å². The van der Waals surface area contributed by atoms with Crippen LogP contribution in [0.2, 0.25) is 0 Å². The molecular weight excluding hydrogens is 192 g/mol. The average molecular weight is 214 g/mol. The van der Waals surface area contributed by atoms with Crippen molar-refractivity contribution in [2.24, 2.45) is 5.41 Å². The lowest BCUT2D eigenvalue weighted by Gasteiger charge is -2.46. The number of hydrogen-bond donors (Lipinski definition) is 3. The van der Waals surface area contributed by atoms with E-state index in [9.17, 15) is 4.79 Å². The molecule has 88 valence electrons. The summed E-state index contributed by atoms with van der Waals surface area (Å²) >= 11 is 0. The van der Waals surface area contributed by atoms with Crippen LogP contribution in [0.1, 0.15) is 40.0 Å². The van der Waals surface area contributed by atoms with E-state index < -0.39 is 6.09 Å². The Bertz CT molecular complexity index is 253. The molecule has 1 fully saturated rings. The second-order valence-electron chi connectivity index (χ2n) is 5.71. The molecule has 0 aromatic heterocycles. The molecule has 1 aliphatic carbocycles. The first-order valence-corrected chi connectivity index (χ1v) is 5.45. The topological polar surface area (TPSA) is 61.4 Å². The maximum Gasteiger partial charge on any atom is 0.404 e. The van der Waals surface area contributed by atoms with Crippen LogP contribution in [0.5, 0.6) is 0 Å². The van der Waals surface area contributed by atoms with E-state index in [-0.39, 0.29) is 17.0 Å². The molecule has 1 saturated carbocycles. The third-order valence-electron chi connectivity index (χ3n) is 3.30. The Morgan fingerprint density at radius 3 is 2.40 bits per heavy atom. The zero-order valence-corrected chi connectivity index (χ0v) is 10.1. The van der Waals surface area contributed by atoms with E-state index in [0.717, 1.165) is 19.3 Å². The predicted molar refractivity (Wildman–Crippen MR) is 60.0 cm³/mol. The molecule has 15 heavy (non-hydrogen) atoms. The molecule has 0 aromatic rings. The molecular formula is C11H22N2O2. The van der Waals surface area contributed by atoms with E-state index >= 15 is 0 Å². The Labute approximate surface area is 91.4 Å². The first kappa shape index (κ1) is 12.3. The van der Waals surface area contributed by atoms with Gasteiger partial charge in [0.05, 0.1) is 0 Å². The highest BCUT2D eigenvalue weighted by Gasteiger charge is 2.40. The van der Waals surface area contributed by atoms with Crippen LogP contribution in [0.3, 0.4) is 0 Å². The van der Waals surface area contributed by atoms with Gasteiger partial charge in [0, 0.05) is 11.6 Å². The summed E-state index contributed by atoms with van der Waals surface area (Å²) in [5, 5.41) is 14.7. The lowest BCUT2D eigenvalue weighted by molar-refractivity contribution is 0.105. The smallest absolute Gasteiger partial charge is 0.404 e. The van der Waals surface area contributed by atoms with Crippen LogP contribution < -0.4 is 10.6 Å². The van der Waals surface area contributed by atoms with Crippen molar-refractivity contribution in [2.75, 3.05) is 7.05 Å². The summed E-state index contributed by atoms with van der Waals surface area (Å²) in [6.07, 6.45) is 1.93. The molecule has 2 atom stereocenters. The molecule has 0 spiro atoms. The minimum Gasteiger partial charge on any atom is -0.465 e. The lowest BCUT2D eigenvalue weighted by atomic mass is 9.67. The van der Waals surface area contributed by atoms with Gasteiger partial charge in [0.25, 0.3) is 0 Å². The molecule has 0 radical (unpaired) electrons. The van der Waals surface area contributed by atoms with E-state index in [0.29, 0.717) is 0 Å². The van der Waals surface area contributed by atoms with Gasteiger partial charge in [0.1, 0.15) is 0 Å². The second kappa shape index (κ2) is 4.00. The van der Waals surface area contributed by atoms with Crippen molar-refractivity contribution in [3.63, 3.8) is 0 Å². The molecule has 0 bridgehead atoms. The van der Waals surface area contributed by atoms with Gasteiger partial charge in [-0.2, -0.15) is 0 Å². The minimum absolute atomic E-state index is 0.0366. The quantitative estimate of drug-likeness (QED) is 0.657. The third kappa shape index (κ3) is 3.38. The summed E-state index contributed by atoms with van der Waals surface area (Å²) in [7, 11) is 1.94. The van der Waals surface area contributed by atoms with Gasteiger partial charge in [-0.05, 0) is 38.6 Å². The van der Waals surface area contributed by atoms with Crippen LogP contribution in [0.25, 0.3) is 0 Å². The highest BCUT2D eigenvalue weighted by molar-refractivity contribution is 5.64. The standard InChI is InChI=1S/C11H22N2O2/c1-10(2)5-8(13-9(14)15)6-11(3,7-10)12-4/h8,12-13H,5-7H2,1-4H3,(H,14,15). The van der Waals surface area contributed by atoms with Crippen molar-refractivity contribution < 1.29 is 9.90 Å². The van der Waals surface area contributed by atoms with Gasteiger partial charge >= 0.3 is 6.09 Å².